The summed E-state index contributed by atoms with van der Waals surface area (Å²) in [5.41, 5.74) is -0.221. The molecule has 1 aliphatic rings. The van der Waals surface area contributed by atoms with Crippen molar-refractivity contribution in [2.75, 3.05) is 13.2 Å². The van der Waals surface area contributed by atoms with Crippen LogP contribution in [0.25, 0.3) is 22.3 Å². The Hall–Kier alpha value is -4.19. The van der Waals surface area contributed by atoms with E-state index in [2.05, 4.69) is 20.3 Å². The van der Waals surface area contributed by atoms with Gasteiger partial charge in [0.25, 0.3) is 5.91 Å². The molecule has 196 valence electrons. The fourth-order valence-corrected chi connectivity index (χ4v) is 5.34. The van der Waals surface area contributed by atoms with Gasteiger partial charge in [0.2, 0.25) is 21.2 Å². The maximum Gasteiger partial charge on any atom is 0.251 e. The van der Waals surface area contributed by atoms with Crippen molar-refractivity contribution in [1.82, 2.24) is 20.3 Å². The molecule has 0 saturated heterocycles. The number of rotatable bonds is 6. The van der Waals surface area contributed by atoms with Crippen molar-refractivity contribution in [1.29, 1.82) is 0 Å². The van der Waals surface area contributed by atoms with Gasteiger partial charge in [-0.05, 0) is 43.3 Å². The van der Waals surface area contributed by atoms with E-state index in [1.54, 1.807) is 18.3 Å². The Morgan fingerprint density at radius 1 is 1.16 bits per heavy atom. The second-order valence-electron chi connectivity index (χ2n) is 8.42. The van der Waals surface area contributed by atoms with E-state index in [0.29, 0.717) is 35.1 Å². The van der Waals surface area contributed by atoms with E-state index in [1.165, 1.54) is 0 Å². The quantitative estimate of drug-likeness (QED) is 0.390. The molecule has 0 saturated carbocycles. The van der Waals surface area contributed by atoms with Crippen LogP contribution in [-0.4, -0.2) is 48.0 Å². The highest BCUT2D eigenvalue weighted by molar-refractivity contribution is 7.92. The number of hydrogen-bond donors (Lipinski definition) is 1. The summed E-state index contributed by atoms with van der Waals surface area (Å²) in [5, 5.41) is 3.35. The van der Waals surface area contributed by atoms with Crippen LogP contribution in [0.4, 0.5) is 8.78 Å². The van der Waals surface area contributed by atoms with Crippen LogP contribution in [0, 0.1) is 5.82 Å². The van der Waals surface area contributed by atoms with Gasteiger partial charge in [-0.15, -0.1) is 0 Å². The summed E-state index contributed by atoms with van der Waals surface area (Å²) in [6, 6.07) is 12.5. The van der Waals surface area contributed by atoms with Crippen molar-refractivity contribution < 1.29 is 31.5 Å². The second kappa shape index (κ2) is 10.3. The van der Waals surface area contributed by atoms with Gasteiger partial charge in [-0.1, -0.05) is 6.07 Å². The van der Waals surface area contributed by atoms with Gasteiger partial charge >= 0.3 is 0 Å². The van der Waals surface area contributed by atoms with Crippen LogP contribution >= 0.6 is 0 Å². The molecule has 12 heteroatoms. The zero-order valence-electron chi connectivity index (χ0n) is 20.1. The average molecular weight is 541 g/mol. The van der Waals surface area contributed by atoms with E-state index >= 15 is 0 Å². The molecular weight excluding hydrogens is 518 g/mol. The average Bonchev–Trinajstić information content (AvgIpc) is 3.02. The SMILES string of the molecule is CCOc1cccc(-c2ccc3cnc(CNC(=O)c4cc(F)c5c(c4)S(=O)(=O)[C@@H](F)CCO5)cc3n2)n1. The van der Waals surface area contributed by atoms with Gasteiger partial charge in [-0.2, -0.15) is 0 Å². The molecular formula is C26H22F2N4O5S. The number of aromatic nitrogens is 3. The molecule has 0 radical (unpaired) electrons. The Bertz CT molecular complexity index is 1650. The number of fused-ring (bicyclic) bond motifs is 2. The number of hydrogen-bond acceptors (Lipinski definition) is 8. The Balaban J connectivity index is 1.37. The lowest BCUT2D eigenvalue weighted by Gasteiger charge is -2.12. The zero-order valence-corrected chi connectivity index (χ0v) is 21.0. The Morgan fingerprint density at radius 2 is 1.97 bits per heavy atom. The largest absolute Gasteiger partial charge is 0.489 e. The Morgan fingerprint density at radius 3 is 2.79 bits per heavy atom. The number of nitrogens with one attached hydrogen (secondary N) is 1. The van der Waals surface area contributed by atoms with Crippen LogP contribution in [0.2, 0.25) is 0 Å². The number of sulfone groups is 1. The van der Waals surface area contributed by atoms with Gasteiger partial charge in [0.1, 0.15) is 4.90 Å². The molecule has 1 atom stereocenters. The maximum absolute atomic E-state index is 14.6. The lowest BCUT2D eigenvalue weighted by molar-refractivity contribution is 0.0949. The fraction of sp³-hybridized carbons (Fsp3) is 0.231. The highest BCUT2D eigenvalue weighted by atomic mass is 32.2. The van der Waals surface area contributed by atoms with Crippen LogP contribution in [0.3, 0.4) is 0 Å². The van der Waals surface area contributed by atoms with E-state index in [9.17, 15) is 22.0 Å². The predicted octanol–water partition coefficient (Wildman–Crippen LogP) is 4.01. The monoisotopic (exact) mass is 540 g/mol. The maximum atomic E-state index is 14.6. The topological polar surface area (TPSA) is 120 Å². The van der Waals surface area contributed by atoms with Crippen molar-refractivity contribution in [3.05, 3.63) is 71.8 Å². The molecule has 1 aliphatic heterocycles. The second-order valence-corrected chi connectivity index (χ2v) is 10.5. The van der Waals surface area contributed by atoms with Crippen LogP contribution < -0.4 is 14.8 Å². The number of pyridine rings is 3. The first kappa shape index (κ1) is 25.5. The third-order valence-corrected chi connectivity index (χ3v) is 7.67. The number of halogens is 2. The number of amides is 1. The van der Waals surface area contributed by atoms with Gasteiger partial charge < -0.3 is 14.8 Å². The molecule has 5 rings (SSSR count). The van der Waals surface area contributed by atoms with Gasteiger partial charge in [0, 0.05) is 29.6 Å². The number of carbonyl (C=O) groups excluding carboxylic acids is 1. The van der Waals surface area contributed by atoms with Crippen molar-refractivity contribution in [3.8, 4) is 23.0 Å². The molecule has 38 heavy (non-hydrogen) atoms. The van der Waals surface area contributed by atoms with Crippen LogP contribution in [0.15, 0.2) is 59.6 Å². The lowest BCUT2D eigenvalue weighted by Crippen LogP contribution is -2.24. The first-order valence-electron chi connectivity index (χ1n) is 11.7. The van der Waals surface area contributed by atoms with Crippen molar-refractivity contribution in [2.45, 2.75) is 30.3 Å². The van der Waals surface area contributed by atoms with E-state index in [1.807, 2.05) is 31.2 Å². The first-order chi connectivity index (χ1) is 18.3. The normalized spacial score (nSPS) is 16.2. The highest BCUT2D eigenvalue weighted by Gasteiger charge is 2.35. The minimum atomic E-state index is -4.51. The summed E-state index contributed by atoms with van der Waals surface area (Å²) < 4.78 is 64.2. The van der Waals surface area contributed by atoms with Crippen LogP contribution in [0.5, 0.6) is 11.6 Å². The van der Waals surface area contributed by atoms with E-state index < -0.39 is 44.1 Å². The molecule has 0 unspecified atom stereocenters. The zero-order chi connectivity index (χ0) is 26.9. The molecule has 0 aliphatic carbocycles. The Labute approximate surface area is 216 Å². The van der Waals surface area contributed by atoms with E-state index in [4.69, 9.17) is 9.47 Å². The third-order valence-electron chi connectivity index (χ3n) is 5.84. The minimum absolute atomic E-state index is 0.0492. The number of benzene rings is 1. The molecule has 3 aromatic heterocycles. The van der Waals surface area contributed by atoms with Crippen LogP contribution in [-0.2, 0) is 16.4 Å². The standard InChI is InChI=1S/C26H22F2N4O5S/c1-2-36-24-5-3-4-19(32-24)20-7-6-15-13-29-17(12-21(15)31-20)14-30-26(33)16-10-18(27)25-22(11-16)38(34,35)23(28)8-9-37-25/h3-7,10-13,23H,2,8-9,14H2,1H3,(H,30,33)/t23-/m1/s1. The Kier molecular flexibility index (Phi) is 6.89. The summed E-state index contributed by atoms with van der Waals surface area (Å²) in [4.78, 5) is 25.5. The molecule has 9 nitrogen and oxygen atoms in total. The summed E-state index contributed by atoms with van der Waals surface area (Å²) in [5.74, 6) is -1.92. The van der Waals surface area contributed by atoms with Gasteiger partial charge in [0.15, 0.2) is 11.6 Å². The molecule has 0 bridgehead atoms. The smallest absolute Gasteiger partial charge is 0.251 e. The lowest BCUT2D eigenvalue weighted by atomic mass is 10.1. The van der Waals surface area contributed by atoms with Crippen molar-refractivity contribution in [2.24, 2.45) is 0 Å². The van der Waals surface area contributed by atoms with Crippen LogP contribution in [0.1, 0.15) is 29.4 Å². The van der Waals surface area contributed by atoms with Gasteiger partial charge in [-0.25, -0.2) is 27.2 Å². The predicted molar refractivity (Wildman–Crippen MR) is 134 cm³/mol. The third kappa shape index (κ3) is 4.99. The van der Waals surface area contributed by atoms with Gasteiger partial charge in [-0.3, -0.25) is 9.78 Å². The minimum Gasteiger partial charge on any atom is -0.489 e. The number of alkyl halides is 1. The van der Waals surface area contributed by atoms with E-state index in [0.717, 1.165) is 17.5 Å². The fourth-order valence-electron chi connectivity index (χ4n) is 3.95. The molecule has 4 heterocycles. The summed E-state index contributed by atoms with van der Waals surface area (Å²) in [6.45, 7) is 2.01. The first-order valence-corrected chi connectivity index (χ1v) is 13.3. The number of ether oxygens (including phenoxy) is 2. The van der Waals surface area contributed by atoms with Crippen molar-refractivity contribution >= 4 is 26.6 Å². The number of carbonyl (C=O) groups is 1. The van der Waals surface area contributed by atoms with E-state index in [-0.39, 0.29) is 18.7 Å². The molecule has 1 aromatic carbocycles. The summed E-state index contributed by atoms with van der Waals surface area (Å²) in [6.07, 6.45) is 1.17. The van der Waals surface area contributed by atoms with Gasteiger partial charge in [0.05, 0.1) is 42.4 Å². The molecule has 4 aromatic rings. The molecule has 0 fully saturated rings. The molecule has 1 N–H and O–H groups in total. The molecule has 1 amide bonds. The number of nitrogens with zero attached hydrogens (tertiary/aromatic N) is 3. The summed E-state index contributed by atoms with van der Waals surface area (Å²) >= 11 is 0. The highest BCUT2D eigenvalue weighted by Crippen LogP contribution is 2.35. The molecule has 0 spiro atoms. The summed E-state index contributed by atoms with van der Waals surface area (Å²) in [7, 11) is -4.51. The van der Waals surface area contributed by atoms with Crippen molar-refractivity contribution in [3.63, 3.8) is 0 Å².